The van der Waals surface area contributed by atoms with E-state index in [2.05, 4.69) is 11.0 Å². The Morgan fingerprint density at radius 3 is 2.66 bits per heavy atom. The van der Waals surface area contributed by atoms with Crippen LogP contribution in [0.15, 0.2) is 42.5 Å². The molecule has 6 heteroatoms. The average Bonchev–Trinajstić information content (AvgIpc) is 3.00. The molecular formula is C23H26ClN3O2. The third kappa shape index (κ3) is 5.88. The minimum absolute atomic E-state index is 0.183. The van der Waals surface area contributed by atoms with Crippen LogP contribution in [0.2, 0.25) is 5.02 Å². The summed E-state index contributed by atoms with van der Waals surface area (Å²) in [5.74, 6) is 0.967. The zero-order valence-electron chi connectivity index (χ0n) is 16.7. The number of ether oxygens (including phenoxy) is 1. The Labute approximate surface area is 177 Å². The quantitative estimate of drug-likeness (QED) is 0.660. The summed E-state index contributed by atoms with van der Waals surface area (Å²) in [6.45, 7) is 5.67. The second-order valence-corrected chi connectivity index (χ2v) is 7.65. The van der Waals surface area contributed by atoms with Crippen molar-refractivity contribution in [1.29, 1.82) is 5.26 Å². The highest BCUT2D eigenvalue weighted by atomic mass is 35.5. The molecule has 1 aliphatic heterocycles. The Morgan fingerprint density at radius 2 is 1.93 bits per heavy atom. The van der Waals surface area contributed by atoms with Crippen LogP contribution in [0.25, 0.3) is 0 Å². The number of amides is 1. The molecule has 0 atom stereocenters. The van der Waals surface area contributed by atoms with Gasteiger partial charge in [-0.3, -0.25) is 4.79 Å². The smallest absolute Gasteiger partial charge is 0.222 e. The zero-order chi connectivity index (χ0) is 20.6. The number of nitriles is 1. The average molecular weight is 412 g/mol. The third-order valence-corrected chi connectivity index (χ3v) is 5.57. The summed E-state index contributed by atoms with van der Waals surface area (Å²) < 4.78 is 5.74. The van der Waals surface area contributed by atoms with Crippen molar-refractivity contribution in [1.82, 2.24) is 4.90 Å². The fourth-order valence-electron chi connectivity index (χ4n) is 3.45. The Morgan fingerprint density at radius 1 is 1.14 bits per heavy atom. The number of benzene rings is 2. The summed E-state index contributed by atoms with van der Waals surface area (Å²) in [6.07, 6.45) is 2.12. The standard InChI is InChI=1S/C23H26ClN3O2/c1-18-16-21(9-10-22(18)24)29-15-2-4-23(28)27-12-3-11-26(13-14-27)20-7-5-19(17-25)6-8-20/h5-10,16H,2-4,11-15H2,1H3. The maximum atomic E-state index is 12.6. The van der Waals surface area contributed by atoms with Crippen LogP contribution < -0.4 is 9.64 Å². The van der Waals surface area contributed by atoms with Gasteiger partial charge in [0.05, 0.1) is 18.2 Å². The number of aryl methyl sites for hydroxylation is 1. The fourth-order valence-corrected chi connectivity index (χ4v) is 3.57. The van der Waals surface area contributed by atoms with Crippen molar-refractivity contribution in [3.63, 3.8) is 0 Å². The monoisotopic (exact) mass is 411 g/mol. The molecular weight excluding hydrogens is 386 g/mol. The molecule has 0 saturated carbocycles. The van der Waals surface area contributed by atoms with Crippen LogP contribution in [0.3, 0.4) is 0 Å². The molecule has 2 aromatic carbocycles. The van der Waals surface area contributed by atoms with Crippen molar-refractivity contribution < 1.29 is 9.53 Å². The lowest BCUT2D eigenvalue weighted by Crippen LogP contribution is -2.35. The molecule has 1 heterocycles. The molecule has 0 N–H and O–H groups in total. The Bertz CT molecular complexity index is 877. The molecule has 0 radical (unpaired) electrons. The largest absolute Gasteiger partial charge is 0.494 e. The maximum absolute atomic E-state index is 12.6. The molecule has 0 aliphatic carbocycles. The van der Waals surface area contributed by atoms with Crippen molar-refractivity contribution in [3.05, 3.63) is 58.6 Å². The van der Waals surface area contributed by atoms with E-state index < -0.39 is 0 Å². The molecule has 5 nitrogen and oxygen atoms in total. The van der Waals surface area contributed by atoms with Gasteiger partial charge in [0.25, 0.3) is 0 Å². The molecule has 1 aliphatic rings. The highest BCUT2D eigenvalue weighted by molar-refractivity contribution is 6.31. The van der Waals surface area contributed by atoms with E-state index in [1.54, 1.807) is 0 Å². The summed E-state index contributed by atoms with van der Waals surface area (Å²) in [4.78, 5) is 16.8. The minimum atomic E-state index is 0.183. The number of halogens is 1. The van der Waals surface area contributed by atoms with Crippen LogP contribution in [0.5, 0.6) is 5.75 Å². The summed E-state index contributed by atoms with van der Waals surface area (Å²) in [6, 6.07) is 15.4. The van der Waals surface area contributed by atoms with E-state index in [4.69, 9.17) is 21.6 Å². The molecule has 3 rings (SSSR count). The second-order valence-electron chi connectivity index (χ2n) is 7.24. The highest BCUT2D eigenvalue weighted by Gasteiger charge is 2.19. The van der Waals surface area contributed by atoms with Gasteiger partial charge in [-0.25, -0.2) is 0 Å². The first-order valence-electron chi connectivity index (χ1n) is 9.98. The van der Waals surface area contributed by atoms with Gasteiger partial charge in [0.15, 0.2) is 0 Å². The van der Waals surface area contributed by atoms with E-state index in [-0.39, 0.29) is 5.91 Å². The minimum Gasteiger partial charge on any atom is -0.494 e. The number of hydrogen-bond donors (Lipinski definition) is 0. The molecule has 0 unspecified atom stereocenters. The number of hydrogen-bond acceptors (Lipinski definition) is 4. The van der Waals surface area contributed by atoms with Gasteiger partial charge in [-0.05, 0) is 67.8 Å². The first kappa shape index (κ1) is 21.0. The van der Waals surface area contributed by atoms with Gasteiger partial charge in [-0.2, -0.15) is 5.26 Å². The molecule has 1 fully saturated rings. The maximum Gasteiger partial charge on any atom is 0.222 e. The van der Waals surface area contributed by atoms with Crippen molar-refractivity contribution in [3.8, 4) is 11.8 Å². The molecule has 0 spiro atoms. The Hall–Kier alpha value is -2.71. The normalized spacial score (nSPS) is 14.2. The van der Waals surface area contributed by atoms with E-state index >= 15 is 0 Å². The molecule has 0 bridgehead atoms. The number of carbonyl (C=O) groups excluding carboxylic acids is 1. The Balaban J connectivity index is 1.43. The number of carbonyl (C=O) groups is 1. The van der Waals surface area contributed by atoms with Gasteiger partial charge in [-0.15, -0.1) is 0 Å². The van der Waals surface area contributed by atoms with Crippen LogP contribution in [0.4, 0.5) is 5.69 Å². The van der Waals surface area contributed by atoms with Crippen LogP contribution in [-0.2, 0) is 4.79 Å². The molecule has 0 aromatic heterocycles. The van der Waals surface area contributed by atoms with Gasteiger partial charge in [0, 0.05) is 43.3 Å². The topological polar surface area (TPSA) is 56.6 Å². The zero-order valence-corrected chi connectivity index (χ0v) is 17.5. The summed E-state index contributed by atoms with van der Waals surface area (Å²) in [7, 11) is 0. The van der Waals surface area contributed by atoms with Gasteiger partial charge < -0.3 is 14.5 Å². The lowest BCUT2D eigenvalue weighted by Gasteiger charge is -2.24. The first-order chi connectivity index (χ1) is 14.1. The number of rotatable bonds is 6. The highest BCUT2D eigenvalue weighted by Crippen LogP contribution is 2.21. The van der Waals surface area contributed by atoms with Crippen LogP contribution in [0, 0.1) is 18.3 Å². The predicted molar refractivity (Wildman–Crippen MR) is 115 cm³/mol. The van der Waals surface area contributed by atoms with Gasteiger partial charge in [0.1, 0.15) is 5.75 Å². The Kier molecular flexibility index (Phi) is 7.37. The van der Waals surface area contributed by atoms with E-state index in [0.29, 0.717) is 25.0 Å². The summed E-state index contributed by atoms with van der Waals surface area (Å²) >= 11 is 6.02. The molecule has 1 amide bonds. The predicted octanol–water partition coefficient (Wildman–Crippen LogP) is 4.42. The lowest BCUT2D eigenvalue weighted by molar-refractivity contribution is -0.131. The van der Waals surface area contributed by atoms with Crippen molar-refractivity contribution in [2.75, 3.05) is 37.7 Å². The van der Waals surface area contributed by atoms with E-state index in [1.165, 1.54) is 0 Å². The van der Waals surface area contributed by atoms with Crippen LogP contribution in [0.1, 0.15) is 30.4 Å². The van der Waals surface area contributed by atoms with Gasteiger partial charge in [0.2, 0.25) is 5.91 Å². The number of anilines is 1. The third-order valence-electron chi connectivity index (χ3n) is 5.14. The van der Waals surface area contributed by atoms with Crippen molar-refractivity contribution >= 4 is 23.2 Å². The second kappa shape index (κ2) is 10.2. The summed E-state index contributed by atoms with van der Waals surface area (Å²) in [5, 5.41) is 9.66. The van der Waals surface area contributed by atoms with Crippen LogP contribution >= 0.6 is 11.6 Å². The lowest BCUT2D eigenvalue weighted by atomic mass is 10.2. The SMILES string of the molecule is Cc1cc(OCCCC(=O)N2CCCN(c3ccc(C#N)cc3)CC2)ccc1Cl. The molecule has 2 aromatic rings. The van der Waals surface area contributed by atoms with Crippen molar-refractivity contribution in [2.24, 2.45) is 0 Å². The van der Waals surface area contributed by atoms with E-state index in [0.717, 1.165) is 54.6 Å². The number of nitrogens with zero attached hydrogens (tertiary/aromatic N) is 3. The first-order valence-corrected chi connectivity index (χ1v) is 10.4. The van der Waals surface area contributed by atoms with Gasteiger partial charge >= 0.3 is 0 Å². The molecule has 152 valence electrons. The van der Waals surface area contributed by atoms with Crippen molar-refractivity contribution in [2.45, 2.75) is 26.2 Å². The van der Waals surface area contributed by atoms with E-state index in [1.807, 2.05) is 54.3 Å². The molecule has 1 saturated heterocycles. The van der Waals surface area contributed by atoms with Crippen LogP contribution in [-0.4, -0.2) is 43.6 Å². The van der Waals surface area contributed by atoms with Gasteiger partial charge in [-0.1, -0.05) is 11.6 Å². The van der Waals surface area contributed by atoms with E-state index in [9.17, 15) is 4.79 Å². The fraction of sp³-hybridized carbons (Fsp3) is 0.391. The summed E-state index contributed by atoms with van der Waals surface area (Å²) in [5.41, 5.74) is 2.75. The molecule has 29 heavy (non-hydrogen) atoms.